The Kier molecular flexibility index (Phi) is 12.6. The van der Waals surface area contributed by atoms with Crippen molar-refractivity contribution in [3.63, 3.8) is 0 Å². The molecule has 12 heteroatoms. The molecular formula is C32H34N4O8. The second-order valence-corrected chi connectivity index (χ2v) is 9.67. The molecule has 2 aromatic carbocycles. The Balaban J connectivity index is 0.000000275. The van der Waals surface area contributed by atoms with Gasteiger partial charge in [-0.15, -0.1) is 0 Å². The van der Waals surface area contributed by atoms with Gasteiger partial charge in [0, 0.05) is 73.0 Å². The lowest BCUT2D eigenvalue weighted by atomic mass is 10.1. The van der Waals surface area contributed by atoms with Gasteiger partial charge in [-0.2, -0.15) is 0 Å². The maximum absolute atomic E-state index is 9.55. The minimum atomic E-state index is -1.26. The molecule has 1 aliphatic heterocycles. The summed E-state index contributed by atoms with van der Waals surface area (Å²) in [5, 5.41) is 33.8. The molecule has 5 N–H and O–H groups in total. The molecule has 1 saturated heterocycles. The first-order valence-corrected chi connectivity index (χ1v) is 13.8. The number of benzene rings is 2. The van der Waals surface area contributed by atoms with E-state index in [-0.39, 0.29) is 0 Å². The molecule has 1 fully saturated rings. The predicted octanol–water partition coefficient (Wildman–Crippen LogP) is 3.89. The van der Waals surface area contributed by atoms with E-state index in [1.807, 2.05) is 0 Å². The van der Waals surface area contributed by atoms with Crippen molar-refractivity contribution in [1.29, 1.82) is 0 Å². The van der Waals surface area contributed by atoms with E-state index in [1.54, 1.807) is 0 Å². The molecule has 2 aromatic heterocycles. The van der Waals surface area contributed by atoms with Crippen molar-refractivity contribution in [2.45, 2.75) is 12.8 Å². The van der Waals surface area contributed by atoms with E-state index in [2.05, 4.69) is 81.6 Å². The first kappa shape index (κ1) is 33.0. The van der Waals surface area contributed by atoms with E-state index in [9.17, 15) is 19.2 Å². The average Bonchev–Trinajstić information content (AvgIpc) is 3.43. The number of fused-ring (bicyclic) bond motifs is 2. The molecule has 4 aromatic rings. The van der Waals surface area contributed by atoms with Crippen LogP contribution in [0.25, 0.3) is 21.8 Å². The highest BCUT2D eigenvalue weighted by Gasteiger charge is 2.18. The van der Waals surface area contributed by atoms with Crippen LogP contribution in [-0.2, 0) is 25.6 Å². The summed E-state index contributed by atoms with van der Waals surface area (Å²) in [6, 6.07) is 21.3. The number of aromatic amines is 1. The lowest BCUT2D eigenvalue weighted by molar-refractivity contribution is -0.134. The van der Waals surface area contributed by atoms with E-state index in [0.29, 0.717) is 24.3 Å². The number of carbonyl (C=O) groups is 4. The topological polar surface area (TPSA) is 184 Å². The number of rotatable bonds is 9. The minimum absolute atomic E-state index is 0.558. The number of para-hydroxylation sites is 2. The lowest BCUT2D eigenvalue weighted by Gasteiger charge is -2.35. The highest BCUT2D eigenvalue weighted by Crippen LogP contribution is 2.21. The van der Waals surface area contributed by atoms with E-state index in [4.69, 9.17) is 25.4 Å². The number of nitrogens with zero attached hydrogens (tertiary/aromatic N) is 3. The van der Waals surface area contributed by atoms with Gasteiger partial charge in [-0.1, -0.05) is 36.4 Å². The summed E-state index contributed by atoms with van der Waals surface area (Å²) >= 11 is 0. The number of aryl methyl sites for hydroxylation is 1. The fourth-order valence-corrected chi connectivity index (χ4v) is 4.55. The summed E-state index contributed by atoms with van der Waals surface area (Å²) in [7, 11) is 0. The third-order valence-electron chi connectivity index (χ3n) is 6.61. The number of aliphatic carboxylic acids is 4. The molecule has 5 rings (SSSR count). The number of hydrogen-bond donors (Lipinski definition) is 5. The van der Waals surface area contributed by atoms with Gasteiger partial charge in [-0.05, 0) is 49.2 Å². The van der Waals surface area contributed by atoms with Crippen LogP contribution in [0.3, 0.4) is 0 Å². The van der Waals surface area contributed by atoms with Gasteiger partial charge in [0.1, 0.15) is 5.82 Å². The van der Waals surface area contributed by atoms with Crippen molar-refractivity contribution in [3.8, 4) is 0 Å². The normalized spacial score (nSPS) is 13.3. The Morgan fingerprint density at radius 3 is 1.91 bits per heavy atom. The second kappa shape index (κ2) is 16.8. The molecule has 1 aliphatic rings. The summed E-state index contributed by atoms with van der Waals surface area (Å²) in [5.41, 5.74) is 3.77. The summed E-state index contributed by atoms with van der Waals surface area (Å²) in [6.45, 7) is 5.50. The zero-order chi connectivity index (χ0) is 31.9. The monoisotopic (exact) mass is 602 g/mol. The lowest BCUT2D eigenvalue weighted by Crippen LogP contribution is -2.47. The molecule has 0 amide bonds. The zero-order valence-electron chi connectivity index (χ0n) is 23.9. The highest BCUT2D eigenvalue weighted by atomic mass is 16.4. The number of hydrogen-bond acceptors (Lipinski definition) is 7. The number of H-pyrrole nitrogens is 1. The molecule has 230 valence electrons. The number of aromatic nitrogens is 2. The number of carboxylic acid groups (broad SMARTS) is 4. The van der Waals surface area contributed by atoms with Crippen molar-refractivity contribution in [3.05, 3.63) is 96.7 Å². The van der Waals surface area contributed by atoms with Crippen LogP contribution in [0.2, 0.25) is 0 Å². The fraction of sp³-hybridized carbons (Fsp3) is 0.219. The molecule has 0 aliphatic carbocycles. The SMILES string of the molecule is O=C(O)/C=C/C(=O)O.O=C(O)/C=C/C(=O)O.c1ccc2nc(N3CCN(CCCc4c[nH]c5ccccc45)CC3)ccc2c1. The number of piperazine rings is 1. The minimum Gasteiger partial charge on any atom is -0.478 e. The summed E-state index contributed by atoms with van der Waals surface area (Å²) in [5.74, 6) is -3.92. The van der Waals surface area contributed by atoms with Gasteiger partial charge in [0.2, 0.25) is 0 Å². The molecule has 0 saturated carbocycles. The van der Waals surface area contributed by atoms with Crippen molar-refractivity contribution >= 4 is 51.5 Å². The largest absolute Gasteiger partial charge is 0.478 e. The van der Waals surface area contributed by atoms with Crippen molar-refractivity contribution in [2.24, 2.45) is 0 Å². The first-order chi connectivity index (χ1) is 21.1. The smallest absolute Gasteiger partial charge is 0.328 e. The Labute approximate surface area is 253 Å². The van der Waals surface area contributed by atoms with Crippen molar-refractivity contribution in [2.75, 3.05) is 37.6 Å². The molecule has 0 atom stereocenters. The molecule has 0 radical (unpaired) electrons. The van der Waals surface area contributed by atoms with Crippen LogP contribution in [0.4, 0.5) is 5.82 Å². The Morgan fingerprint density at radius 1 is 0.727 bits per heavy atom. The van der Waals surface area contributed by atoms with Gasteiger partial charge >= 0.3 is 23.9 Å². The van der Waals surface area contributed by atoms with Crippen LogP contribution in [0.15, 0.2) is 91.2 Å². The molecule has 3 heterocycles. The number of anilines is 1. The van der Waals surface area contributed by atoms with E-state index in [1.165, 1.54) is 34.8 Å². The molecular weight excluding hydrogens is 568 g/mol. The van der Waals surface area contributed by atoms with Gasteiger partial charge in [0.25, 0.3) is 0 Å². The van der Waals surface area contributed by atoms with Crippen LogP contribution in [0.1, 0.15) is 12.0 Å². The molecule has 0 unspecified atom stereocenters. The second-order valence-electron chi connectivity index (χ2n) is 9.67. The Hall–Kier alpha value is -5.49. The highest BCUT2D eigenvalue weighted by molar-refractivity contribution is 5.90. The summed E-state index contributed by atoms with van der Waals surface area (Å²) < 4.78 is 0. The van der Waals surface area contributed by atoms with E-state index in [0.717, 1.165) is 43.9 Å². The quantitative estimate of drug-likeness (QED) is 0.175. The maximum atomic E-state index is 9.55. The third-order valence-corrected chi connectivity index (χ3v) is 6.61. The van der Waals surface area contributed by atoms with Gasteiger partial charge < -0.3 is 30.3 Å². The standard InChI is InChI=1S/C24H26N4.2C4H4O4/c1-3-9-22-19(6-1)11-12-24(26-22)28-16-14-27(15-17-28)13-5-7-20-18-25-23-10-4-2-8-21(20)23;2*5-3(6)1-2-4(7)8/h1-4,6,8-12,18,25H,5,7,13-17H2;2*1-2H,(H,5,6)(H,7,8)/b;2*2-1+. The van der Waals surface area contributed by atoms with E-state index < -0.39 is 23.9 Å². The van der Waals surface area contributed by atoms with Crippen LogP contribution in [0.5, 0.6) is 0 Å². The van der Waals surface area contributed by atoms with Gasteiger partial charge in [-0.25, -0.2) is 24.2 Å². The van der Waals surface area contributed by atoms with E-state index >= 15 is 0 Å². The number of nitrogens with one attached hydrogen (secondary N) is 1. The van der Waals surface area contributed by atoms with Crippen LogP contribution in [0, 0.1) is 0 Å². The van der Waals surface area contributed by atoms with Gasteiger partial charge in [-0.3, -0.25) is 4.90 Å². The first-order valence-electron chi connectivity index (χ1n) is 13.8. The molecule has 0 spiro atoms. The van der Waals surface area contributed by atoms with Gasteiger partial charge in [0.05, 0.1) is 5.52 Å². The van der Waals surface area contributed by atoms with Gasteiger partial charge in [0.15, 0.2) is 0 Å². The Bertz CT molecular complexity index is 1570. The summed E-state index contributed by atoms with van der Waals surface area (Å²) in [6.07, 6.45) is 6.75. The molecule has 12 nitrogen and oxygen atoms in total. The van der Waals surface area contributed by atoms with Crippen LogP contribution in [-0.4, -0.2) is 91.9 Å². The third kappa shape index (κ3) is 11.1. The van der Waals surface area contributed by atoms with Crippen molar-refractivity contribution in [1.82, 2.24) is 14.9 Å². The molecule has 0 bridgehead atoms. The fourth-order valence-electron chi connectivity index (χ4n) is 4.55. The van der Waals surface area contributed by atoms with Crippen molar-refractivity contribution < 1.29 is 39.6 Å². The summed E-state index contributed by atoms with van der Waals surface area (Å²) in [4.78, 5) is 51.5. The van der Waals surface area contributed by atoms with Crippen LogP contribution < -0.4 is 4.90 Å². The maximum Gasteiger partial charge on any atom is 0.328 e. The zero-order valence-corrected chi connectivity index (χ0v) is 23.9. The number of pyridine rings is 1. The molecule has 44 heavy (non-hydrogen) atoms. The predicted molar refractivity (Wildman–Crippen MR) is 166 cm³/mol. The Morgan fingerprint density at radius 2 is 1.30 bits per heavy atom. The van der Waals surface area contributed by atoms with Crippen LogP contribution >= 0.6 is 0 Å². The number of carboxylic acids is 4. The average molecular weight is 603 g/mol.